The Morgan fingerprint density at radius 2 is 1.07 bits per heavy atom. The Balaban J connectivity index is 1.39. The van der Waals surface area contributed by atoms with Gasteiger partial charge >= 0.3 is 0 Å². The summed E-state index contributed by atoms with van der Waals surface area (Å²) >= 11 is 0. The summed E-state index contributed by atoms with van der Waals surface area (Å²) in [7, 11) is 0. The van der Waals surface area contributed by atoms with Crippen LogP contribution in [0, 0.1) is 0 Å². The summed E-state index contributed by atoms with van der Waals surface area (Å²) in [6.45, 7) is 0. The van der Waals surface area contributed by atoms with Gasteiger partial charge in [-0.2, -0.15) is 4.98 Å². The zero-order chi connectivity index (χ0) is 29.2. The highest BCUT2D eigenvalue weighted by atomic mass is 16.3. The summed E-state index contributed by atoms with van der Waals surface area (Å²) in [4.78, 5) is 10.6. The Morgan fingerprint density at radius 1 is 0.467 bits per heavy atom. The second kappa shape index (κ2) is 8.24. The fourth-order valence-electron chi connectivity index (χ4n) is 7.68. The number of benzene rings is 6. The van der Waals surface area contributed by atoms with Crippen LogP contribution in [0.2, 0.25) is 0 Å². The van der Waals surface area contributed by atoms with E-state index in [0.717, 1.165) is 38.6 Å². The van der Waals surface area contributed by atoms with Gasteiger partial charge in [0.15, 0.2) is 0 Å². The van der Waals surface area contributed by atoms with E-state index < -0.39 is 0 Å². The number of hydrogen-bond acceptors (Lipinski definition) is 3. The van der Waals surface area contributed by atoms with Crippen molar-refractivity contribution < 1.29 is 4.42 Å². The molecule has 5 heteroatoms. The molecule has 0 unspecified atom stereocenters. The molecule has 11 aromatic rings. The topological polar surface area (TPSA) is 48.3 Å². The van der Waals surface area contributed by atoms with Crippen molar-refractivity contribution in [2.45, 2.75) is 0 Å². The van der Waals surface area contributed by atoms with Gasteiger partial charge in [-0.15, -0.1) is 0 Å². The molecular weight excluding hydrogens is 552 g/mol. The Hall–Kier alpha value is -6.20. The smallest absolute Gasteiger partial charge is 0.238 e. The van der Waals surface area contributed by atoms with Crippen LogP contribution < -0.4 is 0 Å². The van der Waals surface area contributed by atoms with Crippen LogP contribution in [0.25, 0.3) is 99.2 Å². The molecule has 0 aliphatic rings. The summed E-state index contributed by atoms with van der Waals surface area (Å²) in [5.41, 5.74) is 9.07. The summed E-state index contributed by atoms with van der Waals surface area (Å²) in [5.74, 6) is 0.592. The molecule has 0 atom stereocenters. The first-order valence-corrected chi connectivity index (χ1v) is 15.2. The van der Waals surface area contributed by atoms with Crippen molar-refractivity contribution in [1.82, 2.24) is 18.9 Å². The molecule has 0 saturated carbocycles. The second-order valence-electron chi connectivity index (χ2n) is 11.8. The van der Waals surface area contributed by atoms with E-state index in [0.29, 0.717) is 11.7 Å². The van der Waals surface area contributed by atoms with Crippen LogP contribution in [0.4, 0.5) is 0 Å². The molecule has 5 nitrogen and oxygen atoms in total. The van der Waals surface area contributed by atoms with E-state index >= 15 is 0 Å². The zero-order valence-electron chi connectivity index (χ0n) is 23.9. The van der Waals surface area contributed by atoms with E-state index in [1.54, 1.807) is 0 Å². The normalized spacial score (nSPS) is 12.4. The molecule has 11 rings (SSSR count). The Bertz CT molecular complexity index is 2980. The van der Waals surface area contributed by atoms with Crippen molar-refractivity contribution in [3.8, 4) is 17.2 Å². The van der Waals surface area contributed by atoms with Crippen LogP contribution in [-0.4, -0.2) is 18.9 Å². The lowest BCUT2D eigenvalue weighted by Crippen LogP contribution is -2.03. The summed E-state index contributed by atoms with van der Waals surface area (Å²) < 4.78 is 11.1. The SMILES string of the molecule is c1ccc(-c2nc(-n3c4ccccc4c4cc5c6ccccc6n6c7ccccc7c(c43)c56)nc3oc4ccccc4c23)cc1. The third-order valence-electron chi connectivity index (χ3n) is 9.48. The van der Waals surface area contributed by atoms with Crippen LogP contribution in [0.3, 0.4) is 0 Å². The fraction of sp³-hybridized carbons (Fsp3) is 0. The van der Waals surface area contributed by atoms with Gasteiger partial charge in [0.25, 0.3) is 0 Å². The zero-order valence-corrected chi connectivity index (χ0v) is 23.9. The summed E-state index contributed by atoms with van der Waals surface area (Å²) in [5, 5.41) is 9.23. The van der Waals surface area contributed by atoms with Gasteiger partial charge in [0.05, 0.1) is 38.7 Å². The van der Waals surface area contributed by atoms with Crippen LogP contribution in [0.1, 0.15) is 0 Å². The van der Waals surface area contributed by atoms with E-state index in [2.05, 4.69) is 118 Å². The van der Waals surface area contributed by atoms with E-state index in [9.17, 15) is 0 Å². The highest BCUT2D eigenvalue weighted by Crippen LogP contribution is 2.46. The minimum absolute atomic E-state index is 0.581. The van der Waals surface area contributed by atoms with Gasteiger partial charge in [0.1, 0.15) is 5.58 Å². The summed E-state index contributed by atoms with van der Waals surface area (Å²) in [6, 6.07) is 46.9. The lowest BCUT2D eigenvalue weighted by Gasteiger charge is -2.10. The minimum Gasteiger partial charge on any atom is -0.437 e. The number of rotatable bonds is 2. The largest absolute Gasteiger partial charge is 0.437 e. The van der Waals surface area contributed by atoms with E-state index in [1.807, 2.05) is 24.3 Å². The average molecular weight is 575 g/mol. The molecule has 0 fully saturated rings. The molecule has 0 amide bonds. The third kappa shape index (κ3) is 2.88. The Morgan fingerprint density at radius 3 is 1.87 bits per heavy atom. The van der Waals surface area contributed by atoms with Gasteiger partial charge in [0.2, 0.25) is 11.7 Å². The predicted molar refractivity (Wildman–Crippen MR) is 184 cm³/mol. The number of aromatic nitrogens is 4. The number of nitrogens with zero attached hydrogens (tertiary/aromatic N) is 4. The monoisotopic (exact) mass is 574 g/mol. The molecule has 5 heterocycles. The van der Waals surface area contributed by atoms with E-state index in [1.165, 1.54) is 48.9 Å². The number of furan rings is 1. The van der Waals surface area contributed by atoms with Crippen molar-refractivity contribution in [2.24, 2.45) is 0 Å². The molecule has 5 aromatic heterocycles. The van der Waals surface area contributed by atoms with Gasteiger partial charge in [0, 0.05) is 43.3 Å². The molecule has 6 aromatic carbocycles. The molecule has 0 spiro atoms. The van der Waals surface area contributed by atoms with E-state index in [4.69, 9.17) is 14.4 Å². The molecule has 208 valence electrons. The molecule has 45 heavy (non-hydrogen) atoms. The Kier molecular flexibility index (Phi) is 4.26. The van der Waals surface area contributed by atoms with Crippen molar-refractivity contribution >= 4 is 82.0 Å². The molecular formula is C40H22N4O. The first kappa shape index (κ1) is 23.3. The maximum absolute atomic E-state index is 6.44. The molecule has 0 bridgehead atoms. The predicted octanol–water partition coefficient (Wildman–Crippen LogP) is 10.3. The quantitative estimate of drug-likeness (QED) is 0.206. The van der Waals surface area contributed by atoms with Gasteiger partial charge in [-0.25, -0.2) is 4.98 Å². The maximum atomic E-state index is 6.44. The minimum atomic E-state index is 0.581. The fourth-order valence-corrected chi connectivity index (χ4v) is 7.68. The molecule has 0 N–H and O–H groups in total. The first-order chi connectivity index (χ1) is 22.3. The van der Waals surface area contributed by atoms with Crippen molar-refractivity contribution in [3.63, 3.8) is 0 Å². The number of hydrogen-bond donors (Lipinski definition) is 0. The maximum Gasteiger partial charge on any atom is 0.238 e. The van der Waals surface area contributed by atoms with Crippen molar-refractivity contribution in [3.05, 3.63) is 133 Å². The van der Waals surface area contributed by atoms with Crippen LogP contribution >= 0.6 is 0 Å². The Labute approximate surface area is 255 Å². The average Bonchev–Trinajstić information content (AvgIpc) is 3.83. The lowest BCUT2D eigenvalue weighted by molar-refractivity contribution is 0.651. The number of fused-ring (bicyclic) bond motifs is 13. The van der Waals surface area contributed by atoms with Gasteiger partial charge in [-0.3, -0.25) is 4.57 Å². The highest BCUT2D eigenvalue weighted by Gasteiger charge is 2.26. The van der Waals surface area contributed by atoms with Crippen LogP contribution in [-0.2, 0) is 0 Å². The van der Waals surface area contributed by atoms with Crippen molar-refractivity contribution in [1.29, 1.82) is 0 Å². The van der Waals surface area contributed by atoms with Gasteiger partial charge in [-0.05, 0) is 30.3 Å². The molecule has 0 aliphatic heterocycles. The molecule has 0 radical (unpaired) electrons. The van der Waals surface area contributed by atoms with Gasteiger partial charge in [-0.1, -0.05) is 103 Å². The molecule has 0 saturated heterocycles. The van der Waals surface area contributed by atoms with Gasteiger partial charge < -0.3 is 8.82 Å². The lowest BCUT2D eigenvalue weighted by atomic mass is 10.0. The molecule has 0 aliphatic carbocycles. The highest BCUT2D eigenvalue weighted by molar-refractivity contribution is 6.34. The van der Waals surface area contributed by atoms with E-state index in [-0.39, 0.29) is 0 Å². The van der Waals surface area contributed by atoms with Crippen LogP contribution in [0.15, 0.2) is 138 Å². The number of para-hydroxylation sites is 4. The van der Waals surface area contributed by atoms with Crippen LogP contribution in [0.5, 0.6) is 0 Å². The first-order valence-electron chi connectivity index (χ1n) is 15.2. The summed E-state index contributed by atoms with van der Waals surface area (Å²) in [6.07, 6.45) is 0. The third-order valence-corrected chi connectivity index (χ3v) is 9.48. The second-order valence-corrected chi connectivity index (χ2v) is 11.8. The van der Waals surface area contributed by atoms with Crippen molar-refractivity contribution in [2.75, 3.05) is 0 Å². The standard InChI is InChI=1S/C40H22N4O/c1-2-12-23(13-3-1)36-34-27-17-7-11-21-33(27)45-39(34)42-40(41-36)44-31-19-9-5-15-25(31)29-22-28-24-14-4-8-18-30(24)43-32-20-10-6-16-26(32)35(37(28)43)38(29)44/h1-22H.